The molecule has 1 atom stereocenters. The molecule has 0 aromatic heterocycles. The van der Waals surface area contributed by atoms with Crippen LogP contribution < -0.4 is 0 Å². The number of amides is 1. The molecule has 2 rings (SSSR count). The third-order valence-corrected chi connectivity index (χ3v) is 4.63. The van der Waals surface area contributed by atoms with Gasteiger partial charge in [-0.3, -0.25) is 4.79 Å². The third-order valence-electron chi connectivity index (χ3n) is 3.35. The number of likely N-dealkylation sites (tertiary alicyclic amines) is 1. The van der Waals surface area contributed by atoms with Gasteiger partial charge in [0.1, 0.15) is 0 Å². The zero-order valence-corrected chi connectivity index (χ0v) is 11.5. The van der Waals surface area contributed by atoms with E-state index in [9.17, 15) is 4.79 Å². The Morgan fingerprint density at radius 2 is 2.00 bits per heavy atom. The number of hydrogen-bond acceptors (Lipinski definition) is 2. The molecule has 0 aromatic carbocycles. The van der Waals surface area contributed by atoms with E-state index in [0.29, 0.717) is 17.4 Å². The van der Waals surface area contributed by atoms with Crippen molar-refractivity contribution in [3.8, 4) is 0 Å². The lowest BCUT2D eigenvalue weighted by Gasteiger charge is -2.19. The molecule has 1 aliphatic carbocycles. The van der Waals surface area contributed by atoms with E-state index in [1.165, 1.54) is 19.3 Å². The van der Waals surface area contributed by atoms with Gasteiger partial charge in [-0.25, -0.2) is 0 Å². The van der Waals surface area contributed by atoms with Gasteiger partial charge in [-0.2, -0.15) is 0 Å². The Bertz CT molecular complexity index is 268. The Morgan fingerprint density at radius 1 is 1.31 bits per heavy atom. The van der Waals surface area contributed by atoms with Gasteiger partial charge in [-0.05, 0) is 36.9 Å². The van der Waals surface area contributed by atoms with Gasteiger partial charge in [-0.1, -0.05) is 20.8 Å². The lowest BCUT2D eigenvalue weighted by molar-refractivity contribution is -0.127. The second kappa shape index (κ2) is 4.59. The first kappa shape index (κ1) is 12.3. The first-order valence-corrected chi connectivity index (χ1v) is 7.44. The van der Waals surface area contributed by atoms with E-state index in [4.69, 9.17) is 0 Å². The van der Waals surface area contributed by atoms with E-state index in [1.54, 1.807) is 0 Å². The molecule has 0 unspecified atom stereocenters. The highest BCUT2D eigenvalue weighted by Gasteiger charge is 2.40. The Balaban J connectivity index is 1.72. The summed E-state index contributed by atoms with van der Waals surface area (Å²) in [6.45, 7) is 7.80. The molecule has 1 saturated carbocycles. The van der Waals surface area contributed by atoms with E-state index in [1.807, 2.05) is 11.8 Å². The number of nitrogens with zero attached hydrogens (tertiary/aromatic N) is 1. The summed E-state index contributed by atoms with van der Waals surface area (Å²) >= 11 is 1.88. The summed E-state index contributed by atoms with van der Waals surface area (Å²) in [6, 6.07) is 0.612. The van der Waals surface area contributed by atoms with Crippen molar-refractivity contribution in [1.82, 2.24) is 4.90 Å². The second-order valence-electron chi connectivity index (χ2n) is 6.22. The average molecular weight is 241 g/mol. The predicted molar refractivity (Wildman–Crippen MR) is 69.7 cm³/mol. The molecule has 0 aromatic rings. The van der Waals surface area contributed by atoms with Gasteiger partial charge >= 0.3 is 0 Å². The van der Waals surface area contributed by atoms with Crippen LogP contribution in [0.5, 0.6) is 0 Å². The fourth-order valence-electron chi connectivity index (χ4n) is 2.09. The van der Waals surface area contributed by atoms with Crippen molar-refractivity contribution < 1.29 is 4.79 Å². The van der Waals surface area contributed by atoms with Gasteiger partial charge in [0.15, 0.2) is 0 Å². The number of carbonyl (C=O) groups excluding carboxylic acids is 1. The van der Waals surface area contributed by atoms with Crippen LogP contribution in [0.2, 0.25) is 0 Å². The van der Waals surface area contributed by atoms with Crippen LogP contribution in [0.25, 0.3) is 0 Å². The van der Waals surface area contributed by atoms with Gasteiger partial charge < -0.3 is 4.90 Å². The smallest absolute Gasteiger partial charge is 0.236 e. The maximum absolute atomic E-state index is 12.0. The predicted octanol–water partition coefficient (Wildman–Crippen LogP) is 2.92. The minimum Gasteiger partial charge on any atom is -0.339 e. The van der Waals surface area contributed by atoms with Gasteiger partial charge in [0.25, 0.3) is 0 Å². The van der Waals surface area contributed by atoms with E-state index in [0.717, 1.165) is 18.7 Å². The van der Waals surface area contributed by atoms with Crippen LogP contribution in [-0.2, 0) is 4.79 Å². The van der Waals surface area contributed by atoms with Crippen LogP contribution >= 0.6 is 11.8 Å². The lowest BCUT2D eigenvalue weighted by atomic mass is 9.94. The first-order valence-electron chi connectivity index (χ1n) is 6.39. The zero-order chi connectivity index (χ0) is 11.8. The van der Waals surface area contributed by atoms with Crippen molar-refractivity contribution in [3.05, 3.63) is 0 Å². The van der Waals surface area contributed by atoms with Gasteiger partial charge in [-0.15, -0.1) is 11.8 Å². The van der Waals surface area contributed by atoms with Crippen LogP contribution in [0.3, 0.4) is 0 Å². The van der Waals surface area contributed by atoms with E-state index in [2.05, 4.69) is 25.7 Å². The third kappa shape index (κ3) is 3.16. The summed E-state index contributed by atoms with van der Waals surface area (Å²) in [5.41, 5.74) is 0.394. The number of carbonyl (C=O) groups is 1. The Kier molecular flexibility index (Phi) is 3.53. The molecule has 1 amide bonds. The minimum atomic E-state index is 0.267. The molecule has 2 fully saturated rings. The molecule has 1 saturated heterocycles. The standard InChI is InChI=1S/C13H23NOS/c1-13(2,3)7-9-16-11-6-8-14(12(11)15)10-4-5-10/h10-11H,4-9H2,1-3H3/t11-/m1/s1. The normalized spacial score (nSPS) is 26.6. The topological polar surface area (TPSA) is 20.3 Å². The zero-order valence-electron chi connectivity index (χ0n) is 10.7. The summed E-state index contributed by atoms with van der Waals surface area (Å²) in [5.74, 6) is 1.54. The summed E-state index contributed by atoms with van der Waals surface area (Å²) in [5, 5.41) is 0.267. The molecule has 0 bridgehead atoms. The minimum absolute atomic E-state index is 0.267. The molecule has 2 nitrogen and oxygen atoms in total. The van der Waals surface area contributed by atoms with Crippen molar-refractivity contribution in [2.45, 2.75) is 57.7 Å². The molecule has 1 heterocycles. The summed E-state index contributed by atoms with van der Waals surface area (Å²) in [6.07, 6.45) is 4.76. The maximum Gasteiger partial charge on any atom is 0.236 e. The van der Waals surface area contributed by atoms with E-state index in [-0.39, 0.29) is 5.25 Å². The fraction of sp³-hybridized carbons (Fsp3) is 0.923. The number of thioether (sulfide) groups is 1. The van der Waals surface area contributed by atoms with Gasteiger partial charge in [0, 0.05) is 12.6 Å². The lowest BCUT2D eigenvalue weighted by Crippen LogP contribution is -2.30. The molecule has 0 radical (unpaired) electrons. The van der Waals surface area contributed by atoms with Gasteiger partial charge in [0.05, 0.1) is 5.25 Å². The maximum atomic E-state index is 12.0. The second-order valence-corrected chi connectivity index (χ2v) is 7.53. The molecule has 92 valence electrons. The molecule has 0 spiro atoms. The van der Waals surface area contributed by atoms with Gasteiger partial charge in [0.2, 0.25) is 5.91 Å². The highest BCUT2D eigenvalue weighted by atomic mass is 32.2. The molecule has 3 heteroatoms. The summed E-state index contributed by atoms with van der Waals surface area (Å²) in [7, 11) is 0. The van der Waals surface area contributed by atoms with Crippen LogP contribution in [0, 0.1) is 5.41 Å². The van der Waals surface area contributed by atoms with Crippen LogP contribution in [0.15, 0.2) is 0 Å². The average Bonchev–Trinajstić information content (AvgIpc) is 2.93. The number of rotatable bonds is 4. The number of hydrogen-bond donors (Lipinski definition) is 0. The Labute approximate surface area is 103 Å². The molecular weight excluding hydrogens is 218 g/mol. The highest BCUT2D eigenvalue weighted by Crippen LogP contribution is 2.35. The highest BCUT2D eigenvalue weighted by molar-refractivity contribution is 8.00. The Hall–Kier alpha value is -0.180. The Morgan fingerprint density at radius 3 is 2.56 bits per heavy atom. The molecule has 0 N–H and O–H groups in total. The summed E-state index contributed by atoms with van der Waals surface area (Å²) < 4.78 is 0. The van der Waals surface area contributed by atoms with Crippen LogP contribution in [0.4, 0.5) is 0 Å². The van der Waals surface area contributed by atoms with Crippen molar-refractivity contribution in [2.75, 3.05) is 12.3 Å². The molecule has 1 aliphatic heterocycles. The quantitative estimate of drug-likeness (QED) is 0.754. The monoisotopic (exact) mass is 241 g/mol. The SMILES string of the molecule is CC(C)(C)CCS[C@@H]1CCN(C2CC2)C1=O. The largest absolute Gasteiger partial charge is 0.339 e. The molecule has 16 heavy (non-hydrogen) atoms. The van der Waals surface area contributed by atoms with Crippen molar-refractivity contribution in [2.24, 2.45) is 5.41 Å². The first-order chi connectivity index (χ1) is 7.47. The van der Waals surface area contributed by atoms with E-state index >= 15 is 0 Å². The van der Waals surface area contributed by atoms with E-state index < -0.39 is 0 Å². The molecular formula is C13H23NOS. The van der Waals surface area contributed by atoms with Crippen molar-refractivity contribution in [3.63, 3.8) is 0 Å². The molecule has 2 aliphatic rings. The van der Waals surface area contributed by atoms with Crippen molar-refractivity contribution in [1.29, 1.82) is 0 Å². The van der Waals surface area contributed by atoms with Crippen LogP contribution in [0.1, 0.15) is 46.5 Å². The van der Waals surface area contributed by atoms with Crippen LogP contribution in [-0.4, -0.2) is 34.4 Å². The fourth-order valence-corrected chi connectivity index (χ4v) is 3.65. The summed E-state index contributed by atoms with van der Waals surface area (Å²) in [4.78, 5) is 14.2. The van der Waals surface area contributed by atoms with Crippen molar-refractivity contribution >= 4 is 17.7 Å².